The maximum absolute atomic E-state index is 11.6. The first-order chi connectivity index (χ1) is 7.74. The molecule has 0 bridgehead atoms. The van der Waals surface area contributed by atoms with Crippen LogP contribution in [0.25, 0.3) is 5.82 Å². The van der Waals surface area contributed by atoms with Crippen LogP contribution in [0.1, 0.15) is 16.2 Å². The van der Waals surface area contributed by atoms with E-state index in [1.54, 1.807) is 16.8 Å². The summed E-state index contributed by atoms with van der Waals surface area (Å²) in [6, 6.07) is 9.15. The van der Waals surface area contributed by atoms with E-state index in [0.717, 1.165) is 5.69 Å². The average Bonchev–Trinajstić information content (AvgIpc) is 2.71. The van der Waals surface area contributed by atoms with Gasteiger partial charge in [-0.15, -0.1) is 0 Å². The van der Waals surface area contributed by atoms with Crippen molar-refractivity contribution < 1.29 is 9.53 Å². The second-order valence-corrected chi connectivity index (χ2v) is 3.37. The van der Waals surface area contributed by atoms with Gasteiger partial charge in [0.1, 0.15) is 11.5 Å². The van der Waals surface area contributed by atoms with Crippen LogP contribution in [0, 0.1) is 6.92 Å². The van der Waals surface area contributed by atoms with Crippen LogP contribution in [-0.4, -0.2) is 22.6 Å². The number of nitrogens with zero attached hydrogens (tertiary/aromatic N) is 2. The number of aromatic nitrogens is 2. The number of methoxy groups -OCH3 is 1. The number of aryl methyl sites for hydroxylation is 1. The molecule has 82 valence electrons. The van der Waals surface area contributed by atoms with Crippen LogP contribution >= 0.6 is 0 Å². The number of ether oxygens (including phenoxy) is 1. The van der Waals surface area contributed by atoms with Crippen molar-refractivity contribution in [3.05, 3.63) is 47.9 Å². The van der Waals surface area contributed by atoms with Crippen LogP contribution in [0.3, 0.4) is 0 Å². The van der Waals surface area contributed by atoms with Crippen molar-refractivity contribution in [3.8, 4) is 5.82 Å². The Morgan fingerprint density at radius 1 is 1.31 bits per heavy atom. The minimum Gasteiger partial charge on any atom is -0.464 e. The molecule has 0 fully saturated rings. The van der Waals surface area contributed by atoms with Crippen LogP contribution in [-0.2, 0) is 4.74 Å². The third-order valence-corrected chi connectivity index (χ3v) is 2.35. The molecule has 0 aliphatic rings. The van der Waals surface area contributed by atoms with E-state index in [4.69, 9.17) is 4.74 Å². The van der Waals surface area contributed by atoms with E-state index in [9.17, 15) is 4.79 Å². The number of pyridine rings is 1. The van der Waals surface area contributed by atoms with Crippen LogP contribution in [0.4, 0.5) is 0 Å². The SMILES string of the molecule is COC(=O)c1ccc(C)n1-c1ccccn1. The molecule has 0 aromatic carbocycles. The summed E-state index contributed by atoms with van der Waals surface area (Å²) in [5.74, 6) is 0.351. The van der Waals surface area contributed by atoms with Gasteiger partial charge < -0.3 is 4.74 Å². The second kappa shape index (κ2) is 4.18. The van der Waals surface area contributed by atoms with Crippen LogP contribution in [0.15, 0.2) is 36.5 Å². The minimum absolute atomic E-state index is 0.362. The van der Waals surface area contributed by atoms with E-state index in [0.29, 0.717) is 11.5 Å². The van der Waals surface area contributed by atoms with E-state index < -0.39 is 0 Å². The van der Waals surface area contributed by atoms with Gasteiger partial charge in [-0.05, 0) is 31.2 Å². The van der Waals surface area contributed by atoms with Crippen molar-refractivity contribution in [3.63, 3.8) is 0 Å². The van der Waals surface area contributed by atoms with Crippen molar-refractivity contribution in [1.82, 2.24) is 9.55 Å². The summed E-state index contributed by atoms with van der Waals surface area (Å²) in [5, 5.41) is 0. The lowest BCUT2D eigenvalue weighted by Crippen LogP contribution is -2.10. The Morgan fingerprint density at radius 2 is 2.12 bits per heavy atom. The highest BCUT2D eigenvalue weighted by molar-refractivity contribution is 5.88. The third-order valence-electron chi connectivity index (χ3n) is 2.35. The Kier molecular flexibility index (Phi) is 2.72. The summed E-state index contributed by atoms with van der Waals surface area (Å²) in [7, 11) is 1.37. The maximum Gasteiger partial charge on any atom is 0.355 e. The molecule has 0 saturated carbocycles. The molecular weight excluding hydrogens is 204 g/mol. The van der Waals surface area contributed by atoms with E-state index >= 15 is 0 Å². The molecule has 4 nitrogen and oxygen atoms in total. The van der Waals surface area contributed by atoms with Gasteiger partial charge in [-0.1, -0.05) is 6.07 Å². The van der Waals surface area contributed by atoms with Crippen LogP contribution in [0.5, 0.6) is 0 Å². The molecule has 0 radical (unpaired) electrons. The van der Waals surface area contributed by atoms with Crippen molar-refractivity contribution >= 4 is 5.97 Å². The molecule has 0 spiro atoms. The zero-order valence-corrected chi connectivity index (χ0v) is 9.18. The molecule has 4 heteroatoms. The molecule has 2 aromatic rings. The van der Waals surface area contributed by atoms with Gasteiger partial charge in [0.2, 0.25) is 0 Å². The van der Waals surface area contributed by atoms with Crippen molar-refractivity contribution in [1.29, 1.82) is 0 Å². The lowest BCUT2D eigenvalue weighted by atomic mass is 10.4. The van der Waals surface area contributed by atoms with Gasteiger partial charge in [0.15, 0.2) is 0 Å². The number of esters is 1. The normalized spacial score (nSPS) is 10.1. The maximum atomic E-state index is 11.6. The van der Waals surface area contributed by atoms with Gasteiger partial charge in [0.25, 0.3) is 0 Å². The number of rotatable bonds is 2. The molecule has 2 heterocycles. The third kappa shape index (κ3) is 1.69. The van der Waals surface area contributed by atoms with Gasteiger partial charge in [-0.2, -0.15) is 0 Å². The predicted molar refractivity (Wildman–Crippen MR) is 59.6 cm³/mol. The average molecular weight is 216 g/mol. The molecule has 0 aliphatic carbocycles. The van der Waals surface area contributed by atoms with E-state index in [1.165, 1.54) is 7.11 Å². The summed E-state index contributed by atoms with van der Waals surface area (Å²) in [4.78, 5) is 15.8. The molecule has 2 rings (SSSR count). The molecule has 0 atom stereocenters. The molecule has 0 unspecified atom stereocenters. The van der Waals surface area contributed by atoms with E-state index in [1.807, 2.05) is 31.2 Å². The standard InChI is InChI=1S/C12H12N2O2/c1-9-6-7-10(12(15)16-2)14(9)11-5-3-4-8-13-11/h3-8H,1-2H3. The van der Waals surface area contributed by atoms with Gasteiger partial charge >= 0.3 is 5.97 Å². The van der Waals surface area contributed by atoms with Gasteiger partial charge in [-0.3, -0.25) is 4.57 Å². The fourth-order valence-electron chi connectivity index (χ4n) is 1.59. The van der Waals surface area contributed by atoms with E-state index in [2.05, 4.69) is 4.98 Å². The van der Waals surface area contributed by atoms with Gasteiger partial charge in [0.05, 0.1) is 7.11 Å². The zero-order chi connectivity index (χ0) is 11.5. The zero-order valence-electron chi connectivity index (χ0n) is 9.18. The Bertz CT molecular complexity index is 503. The highest BCUT2D eigenvalue weighted by Crippen LogP contribution is 2.15. The Balaban J connectivity index is 2.56. The summed E-state index contributed by atoms with van der Waals surface area (Å²) in [6.45, 7) is 1.92. The summed E-state index contributed by atoms with van der Waals surface area (Å²) >= 11 is 0. The van der Waals surface area contributed by atoms with Crippen molar-refractivity contribution in [2.45, 2.75) is 6.92 Å². The van der Waals surface area contributed by atoms with E-state index in [-0.39, 0.29) is 5.97 Å². The summed E-state index contributed by atoms with van der Waals surface area (Å²) in [5.41, 5.74) is 1.43. The number of hydrogen-bond acceptors (Lipinski definition) is 3. The first kappa shape index (κ1) is 10.4. The molecule has 0 amide bonds. The smallest absolute Gasteiger partial charge is 0.355 e. The van der Waals surface area contributed by atoms with Crippen molar-refractivity contribution in [2.24, 2.45) is 0 Å². The Labute approximate surface area is 93.5 Å². The lowest BCUT2D eigenvalue weighted by Gasteiger charge is -2.08. The van der Waals surface area contributed by atoms with Gasteiger partial charge in [-0.25, -0.2) is 9.78 Å². The van der Waals surface area contributed by atoms with Crippen molar-refractivity contribution in [2.75, 3.05) is 7.11 Å². The number of carbonyl (C=O) groups excluding carboxylic acids is 1. The van der Waals surface area contributed by atoms with Crippen LogP contribution < -0.4 is 0 Å². The topological polar surface area (TPSA) is 44.1 Å². The molecule has 0 saturated heterocycles. The lowest BCUT2D eigenvalue weighted by molar-refractivity contribution is 0.0591. The monoisotopic (exact) mass is 216 g/mol. The Hall–Kier alpha value is -2.10. The fraction of sp³-hybridized carbons (Fsp3) is 0.167. The molecule has 16 heavy (non-hydrogen) atoms. The number of hydrogen-bond donors (Lipinski definition) is 0. The second-order valence-electron chi connectivity index (χ2n) is 3.37. The summed E-state index contributed by atoms with van der Waals surface area (Å²) < 4.78 is 6.49. The minimum atomic E-state index is -0.362. The first-order valence-electron chi connectivity index (χ1n) is 4.92. The van der Waals surface area contributed by atoms with Gasteiger partial charge in [0, 0.05) is 11.9 Å². The molecule has 0 aliphatic heterocycles. The largest absolute Gasteiger partial charge is 0.464 e. The fourth-order valence-corrected chi connectivity index (χ4v) is 1.59. The number of carbonyl (C=O) groups is 1. The molecule has 0 N–H and O–H groups in total. The van der Waals surface area contributed by atoms with Crippen LogP contribution in [0.2, 0.25) is 0 Å². The molecular formula is C12H12N2O2. The predicted octanol–water partition coefficient (Wildman–Crippen LogP) is 1.97. The molecule has 2 aromatic heterocycles. The first-order valence-corrected chi connectivity index (χ1v) is 4.92. The quantitative estimate of drug-likeness (QED) is 0.721. The highest BCUT2D eigenvalue weighted by Gasteiger charge is 2.14. The highest BCUT2D eigenvalue weighted by atomic mass is 16.5. The Morgan fingerprint density at radius 3 is 2.75 bits per heavy atom. The summed E-state index contributed by atoms with van der Waals surface area (Å²) in [6.07, 6.45) is 1.69.